The Morgan fingerprint density at radius 3 is 0.697 bits per heavy atom. The Labute approximate surface area is 670 Å². The Bertz CT molecular complexity index is 2080. The van der Waals surface area contributed by atoms with E-state index in [9.17, 15) is 43.2 Å². The van der Waals surface area contributed by atoms with Gasteiger partial charge in [-0.2, -0.15) is 0 Å². The molecule has 0 radical (unpaired) electrons. The molecule has 0 rings (SSSR count). The van der Waals surface area contributed by atoms with Crippen LogP contribution in [0, 0.1) is 11.8 Å². The third-order valence-electron chi connectivity index (χ3n) is 21.6. The fourth-order valence-electron chi connectivity index (χ4n) is 14.1. The summed E-state index contributed by atoms with van der Waals surface area (Å²) in [6, 6.07) is 0. The zero-order valence-electron chi connectivity index (χ0n) is 71.9. The molecule has 648 valence electrons. The van der Waals surface area contributed by atoms with E-state index in [0.717, 1.165) is 102 Å². The highest BCUT2D eigenvalue weighted by Crippen LogP contribution is 2.45. The van der Waals surface area contributed by atoms with Crippen molar-refractivity contribution in [2.75, 3.05) is 39.6 Å². The summed E-state index contributed by atoms with van der Waals surface area (Å²) in [5.41, 5.74) is 0. The third kappa shape index (κ3) is 82.4. The second kappa shape index (κ2) is 81.2. The first kappa shape index (κ1) is 107. The fraction of sp³-hybridized carbons (Fsp3) is 0.956. The lowest BCUT2D eigenvalue weighted by Gasteiger charge is -2.21. The SMILES string of the molecule is CCCCCCCCCCCCCCCCCCCCCCCC(=O)OC[C@H](COP(=O)(O)OC[C@@H](O)COP(=O)(O)OC[C@@H](COC(=O)CCCCCCCCCCC)OC(=O)CCCCCCCCCCCCCCCCC(C)CC)OC(=O)CCCCCCCCCCCCCCCCCCCCC(C)C. The molecule has 0 amide bonds. The maximum atomic E-state index is 13.2. The largest absolute Gasteiger partial charge is 0.472 e. The first-order valence-electron chi connectivity index (χ1n) is 46.5. The minimum absolute atomic E-state index is 0.108. The number of aliphatic hydroxyl groups is 1. The van der Waals surface area contributed by atoms with Gasteiger partial charge < -0.3 is 33.8 Å². The summed E-state index contributed by atoms with van der Waals surface area (Å²) < 4.78 is 69.0. The van der Waals surface area contributed by atoms with Gasteiger partial charge in [0.1, 0.15) is 19.3 Å². The van der Waals surface area contributed by atoms with E-state index in [1.807, 2.05) is 0 Å². The van der Waals surface area contributed by atoms with E-state index < -0.39 is 97.5 Å². The lowest BCUT2D eigenvalue weighted by atomic mass is 9.99. The van der Waals surface area contributed by atoms with Crippen molar-refractivity contribution in [2.24, 2.45) is 11.8 Å². The standard InChI is InChI=1S/C90H176O17P2/c1-7-10-12-14-16-18-19-20-21-22-23-24-25-29-32-38-43-49-55-61-67-73-88(93)101-79-86(107-90(95)74-68-62-56-50-44-39-33-30-27-26-28-31-36-41-47-52-58-64-70-82(4)5)81-105-109(98,99)103-77-84(91)76-102-108(96,97)104-80-85(78-100-87(92)72-66-60-54-46-17-15-13-11-8-2)106-89(94)75-69-63-57-51-45-40-35-34-37-42-48-53-59-65-71-83(6)9-3/h82-86,91H,7-81H2,1-6H3,(H,96,97)(H,98,99)/t83?,84-,85+,86+/m0/s1. The van der Waals surface area contributed by atoms with Gasteiger partial charge in [0, 0.05) is 25.7 Å². The monoisotopic (exact) mass is 1590 g/mol. The molecule has 0 aliphatic carbocycles. The Balaban J connectivity index is 5.20. The predicted octanol–water partition coefficient (Wildman–Crippen LogP) is 27.8. The summed E-state index contributed by atoms with van der Waals surface area (Å²) >= 11 is 0. The van der Waals surface area contributed by atoms with Crippen LogP contribution >= 0.6 is 15.6 Å². The van der Waals surface area contributed by atoms with E-state index >= 15 is 0 Å². The van der Waals surface area contributed by atoms with Crippen LogP contribution in [0.3, 0.4) is 0 Å². The van der Waals surface area contributed by atoms with Gasteiger partial charge in [0.15, 0.2) is 12.2 Å². The number of unbranched alkanes of at least 4 members (excludes halogenated alkanes) is 58. The molecule has 0 aromatic heterocycles. The number of carbonyl (C=O) groups is 4. The average Bonchev–Trinajstić information content (AvgIpc) is 0.905. The van der Waals surface area contributed by atoms with Gasteiger partial charge in [-0.25, -0.2) is 9.13 Å². The van der Waals surface area contributed by atoms with E-state index in [1.165, 1.54) is 302 Å². The Morgan fingerprint density at radius 1 is 0.266 bits per heavy atom. The quantitative estimate of drug-likeness (QED) is 0.0222. The third-order valence-corrected chi connectivity index (χ3v) is 23.5. The minimum Gasteiger partial charge on any atom is -0.462 e. The lowest BCUT2D eigenvalue weighted by molar-refractivity contribution is -0.161. The first-order valence-corrected chi connectivity index (χ1v) is 49.5. The van der Waals surface area contributed by atoms with Gasteiger partial charge in [0.05, 0.1) is 26.4 Å². The van der Waals surface area contributed by atoms with Crippen molar-refractivity contribution in [3.05, 3.63) is 0 Å². The summed E-state index contributed by atoms with van der Waals surface area (Å²) in [4.78, 5) is 73.3. The van der Waals surface area contributed by atoms with Crippen LogP contribution in [0.1, 0.15) is 485 Å². The number of ether oxygens (including phenoxy) is 4. The van der Waals surface area contributed by atoms with Gasteiger partial charge in [0.25, 0.3) is 0 Å². The van der Waals surface area contributed by atoms with Crippen LogP contribution in [-0.4, -0.2) is 96.7 Å². The van der Waals surface area contributed by atoms with Crippen molar-refractivity contribution < 1.29 is 80.2 Å². The number of phosphoric acid groups is 2. The van der Waals surface area contributed by atoms with E-state index in [2.05, 4.69) is 41.5 Å². The fourth-order valence-corrected chi connectivity index (χ4v) is 15.7. The van der Waals surface area contributed by atoms with Crippen molar-refractivity contribution >= 4 is 39.5 Å². The molecule has 17 nitrogen and oxygen atoms in total. The van der Waals surface area contributed by atoms with Crippen LogP contribution in [0.2, 0.25) is 0 Å². The second-order valence-electron chi connectivity index (χ2n) is 33.1. The molecule has 19 heteroatoms. The van der Waals surface area contributed by atoms with Crippen molar-refractivity contribution in [3.8, 4) is 0 Å². The van der Waals surface area contributed by atoms with E-state index in [-0.39, 0.29) is 25.7 Å². The number of hydrogen-bond donors (Lipinski definition) is 3. The number of esters is 4. The molecule has 6 atom stereocenters. The zero-order valence-corrected chi connectivity index (χ0v) is 73.7. The number of hydrogen-bond acceptors (Lipinski definition) is 15. The van der Waals surface area contributed by atoms with Crippen molar-refractivity contribution in [1.29, 1.82) is 0 Å². The summed E-state index contributed by atoms with van der Waals surface area (Å²) in [5, 5.41) is 10.7. The average molecular weight is 1590 g/mol. The predicted molar refractivity (Wildman–Crippen MR) is 451 cm³/mol. The molecule has 0 aromatic rings. The molecule has 0 saturated heterocycles. The molecule has 0 aliphatic heterocycles. The second-order valence-corrected chi connectivity index (χ2v) is 36.0. The molecule has 0 bridgehead atoms. The number of rotatable bonds is 89. The van der Waals surface area contributed by atoms with E-state index in [0.29, 0.717) is 25.7 Å². The van der Waals surface area contributed by atoms with Gasteiger partial charge in [-0.15, -0.1) is 0 Å². The molecule has 0 heterocycles. The topological polar surface area (TPSA) is 237 Å². The summed E-state index contributed by atoms with van der Waals surface area (Å²) in [6.45, 7) is 9.77. The van der Waals surface area contributed by atoms with Gasteiger partial charge in [-0.3, -0.25) is 37.3 Å². The number of carbonyl (C=O) groups excluding carboxylic acids is 4. The van der Waals surface area contributed by atoms with Crippen molar-refractivity contribution in [3.63, 3.8) is 0 Å². The summed E-state index contributed by atoms with van der Waals surface area (Å²) in [6.07, 6.45) is 75.1. The number of phosphoric ester groups is 2. The van der Waals surface area contributed by atoms with E-state index in [4.69, 9.17) is 37.0 Å². The molecular weight excluding hydrogens is 1410 g/mol. The molecule has 0 saturated carbocycles. The molecular formula is C90H176O17P2. The summed E-state index contributed by atoms with van der Waals surface area (Å²) in [7, 11) is -9.93. The molecule has 0 spiro atoms. The lowest BCUT2D eigenvalue weighted by Crippen LogP contribution is -2.30. The van der Waals surface area contributed by atoms with Gasteiger partial charge in [0.2, 0.25) is 0 Å². The number of aliphatic hydroxyl groups excluding tert-OH is 1. The van der Waals surface area contributed by atoms with Gasteiger partial charge in [-0.1, -0.05) is 433 Å². The molecule has 0 fully saturated rings. The maximum absolute atomic E-state index is 13.2. The normalized spacial score (nSPS) is 14.0. The van der Waals surface area contributed by atoms with Crippen LogP contribution in [0.15, 0.2) is 0 Å². The van der Waals surface area contributed by atoms with Crippen LogP contribution in [0.4, 0.5) is 0 Å². The van der Waals surface area contributed by atoms with Gasteiger partial charge >= 0.3 is 39.5 Å². The zero-order chi connectivity index (χ0) is 79.9. The molecule has 0 aromatic carbocycles. The highest BCUT2D eigenvalue weighted by atomic mass is 31.2. The minimum atomic E-state index is -4.97. The Morgan fingerprint density at radius 2 is 0.468 bits per heavy atom. The first-order chi connectivity index (χ1) is 52.9. The molecule has 0 aliphatic rings. The highest BCUT2D eigenvalue weighted by Gasteiger charge is 2.31. The summed E-state index contributed by atoms with van der Waals surface area (Å²) in [5.74, 6) is -0.432. The Hall–Kier alpha value is -1.94. The molecule has 109 heavy (non-hydrogen) atoms. The van der Waals surface area contributed by atoms with Crippen LogP contribution < -0.4 is 0 Å². The van der Waals surface area contributed by atoms with E-state index in [1.54, 1.807) is 0 Å². The molecule has 3 N–H and O–H groups in total. The van der Waals surface area contributed by atoms with Crippen LogP contribution in [0.5, 0.6) is 0 Å². The van der Waals surface area contributed by atoms with Crippen LogP contribution in [0.25, 0.3) is 0 Å². The van der Waals surface area contributed by atoms with Gasteiger partial charge in [-0.05, 0) is 37.5 Å². The van der Waals surface area contributed by atoms with Crippen molar-refractivity contribution in [1.82, 2.24) is 0 Å². The Kier molecular flexibility index (Phi) is 79.8. The highest BCUT2D eigenvalue weighted by molar-refractivity contribution is 7.47. The van der Waals surface area contributed by atoms with Crippen LogP contribution in [-0.2, 0) is 65.4 Å². The molecule has 3 unspecified atom stereocenters. The maximum Gasteiger partial charge on any atom is 0.472 e. The van der Waals surface area contributed by atoms with Crippen molar-refractivity contribution in [2.45, 2.75) is 503 Å². The smallest absolute Gasteiger partial charge is 0.462 e.